The number of nitrogens with zero attached hydrogens (tertiary/aromatic N) is 2. The maximum absolute atomic E-state index is 4.21. The molecule has 0 spiro atoms. The van der Waals surface area contributed by atoms with Gasteiger partial charge in [0.25, 0.3) is 0 Å². The van der Waals surface area contributed by atoms with Crippen molar-refractivity contribution in [3.63, 3.8) is 0 Å². The number of rotatable bonds is 7. The minimum absolute atomic E-state index is 0.635. The van der Waals surface area contributed by atoms with E-state index in [0.717, 1.165) is 13.1 Å². The van der Waals surface area contributed by atoms with Crippen molar-refractivity contribution in [1.29, 1.82) is 0 Å². The topological polar surface area (TPSA) is 29.9 Å². The molecule has 16 heavy (non-hydrogen) atoms. The van der Waals surface area contributed by atoms with Crippen LogP contribution in [0.3, 0.4) is 0 Å². The van der Waals surface area contributed by atoms with E-state index in [1.165, 1.54) is 37.9 Å². The molecule has 1 aliphatic carbocycles. The number of aryl methyl sites for hydroxylation is 1. The molecule has 1 heterocycles. The Bertz CT molecular complexity index is 326. The second-order valence-corrected chi connectivity index (χ2v) is 5.04. The van der Waals surface area contributed by atoms with Gasteiger partial charge in [-0.05, 0) is 31.1 Å². The van der Waals surface area contributed by atoms with Gasteiger partial charge in [-0.2, -0.15) is 0 Å². The summed E-state index contributed by atoms with van der Waals surface area (Å²) in [5.74, 6) is 0. The molecule has 0 aliphatic heterocycles. The fourth-order valence-corrected chi connectivity index (χ4v) is 2.23. The molecule has 0 atom stereocenters. The zero-order valence-electron chi connectivity index (χ0n) is 10.5. The fraction of sp³-hybridized carbons (Fsp3) is 0.769. The molecule has 1 aromatic heterocycles. The molecule has 2 rings (SSSR count). The van der Waals surface area contributed by atoms with Gasteiger partial charge in [-0.3, -0.25) is 0 Å². The monoisotopic (exact) mass is 221 g/mol. The van der Waals surface area contributed by atoms with Gasteiger partial charge in [0.15, 0.2) is 0 Å². The second-order valence-electron chi connectivity index (χ2n) is 5.04. The molecule has 3 nitrogen and oxygen atoms in total. The summed E-state index contributed by atoms with van der Waals surface area (Å²) in [6, 6.07) is 0. The van der Waals surface area contributed by atoms with Gasteiger partial charge in [-0.1, -0.05) is 13.8 Å². The summed E-state index contributed by atoms with van der Waals surface area (Å²) in [4.78, 5) is 4.21. The van der Waals surface area contributed by atoms with Crippen LogP contribution in [0.4, 0.5) is 0 Å². The summed E-state index contributed by atoms with van der Waals surface area (Å²) in [6.07, 6.45) is 9.22. The summed E-state index contributed by atoms with van der Waals surface area (Å²) in [6.45, 7) is 7.71. The molecular formula is C13H23N3. The van der Waals surface area contributed by atoms with E-state index in [4.69, 9.17) is 0 Å². The van der Waals surface area contributed by atoms with E-state index in [-0.39, 0.29) is 0 Å². The Hall–Kier alpha value is -0.830. The highest BCUT2D eigenvalue weighted by Gasteiger charge is 2.39. The van der Waals surface area contributed by atoms with Crippen molar-refractivity contribution in [3.8, 4) is 0 Å². The first kappa shape index (κ1) is 11.6. The number of nitrogens with one attached hydrogen (secondary N) is 1. The highest BCUT2D eigenvalue weighted by atomic mass is 15.1. The van der Waals surface area contributed by atoms with Gasteiger partial charge in [0.1, 0.15) is 0 Å². The molecule has 90 valence electrons. The van der Waals surface area contributed by atoms with Gasteiger partial charge in [-0.15, -0.1) is 0 Å². The highest BCUT2D eigenvalue weighted by Crippen LogP contribution is 2.47. The van der Waals surface area contributed by atoms with Crippen LogP contribution >= 0.6 is 0 Å². The van der Waals surface area contributed by atoms with Crippen molar-refractivity contribution in [2.45, 2.75) is 52.6 Å². The fourth-order valence-electron chi connectivity index (χ4n) is 2.23. The third-order valence-electron chi connectivity index (χ3n) is 3.78. The first-order valence-corrected chi connectivity index (χ1v) is 6.49. The number of imidazole rings is 1. The third kappa shape index (κ3) is 2.64. The summed E-state index contributed by atoms with van der Waals surface area (Å²) in [7, 11) is 0. The number of aromatic nitrogens is 2. The molecule has 0 radical (unpaired) electrons. The van der Waals surface area contributed by atoms with E-state index < -0.39 is 0 Å². The van der Waals surface area contributed by atoms with E-state index in [1.54, 1.807) is 0 Å². The van der Waals surface area contributed by atoms with E-state index in [2.05, 4.69) is 28.7 Å². The number of hydrogen-bond acceptors (Lipinski definition) is 2. The van der Waals surface area contributed by atoms with Gasteiger partial charge >= 0.3 is 0 Å². The first-order chi connectivity index (χ1) is 7.79. The quantitative estimate of drug-likeness (QED) is 0.767. The van der Waals surface area contributed by atoms with Crippen molar-refractivity contribution in [1.82, 2.24) is 14.9 Å². The Balaban J connectivity index is 1.78. The summed E-state index contributed by atoms with van der Waals surface area (Å²) in [5.41, 5.74) is 1.95. The second kappa shape index (κ2) is 5.00. The van der Waals surface area contributed by atoms with Crippen LogP contribution in [0.2, 0.25) is 0 Å². The Kier molecular flexibility index (Phi) is 3.64. The molecule has 0 unspecified atom stereocenters. The lowest BCUT2D eigenvalue weighted by atomic mass is 10.0. The smallest absolute Gasteiger partial charge is 0.0948 e. The van der Waals surface area contributed by atoms with E-state index >= 15 is 0 Å². The highest BCUT2D eigenvalue weighted by molar-refractivity contribution is 4.99. The Morgan fingerprint density at radius 2 is 2.25 bits per heavy atom. The van der Waals surface area contributed by atoms with Crippen LogP contribution < -0.4 is 5.32 Å². The van der Waals surface area contributed by atoms with E-state index in [1.807, 2.05) is 12.5 Å². The average Bonchev–Trinajstić information content (AvgIpc) is 2.95. The maximum atomic E-state index is 4.21. The standard InChI is InChI=1S/C13H23N3/c1-3-7-16-11-15-9-12(16)8-14-10-13(4-2)5-6-13/h9,11,14H,3-8,10H2,1-2H3. The van der Waals surface area contributed by atoms with Gasteiger partial charge < -0.3 is 9.88 Å². The third-order valence-corrected chi connectivity index (χ3v) is 3.78. The van der Waals surface area contributed by atoms with Crippen LogP contribution in [-0.4, -0.2) is 16.1 Å². The lowest BCUT2D eigenvalue weighted by Crippen LogP contribution is -2.24. The van der Waals surface area contributed by atoms with Crippen molar-refractivity contribution < 1.29 is 0 Å². The minimum Gasteiger partial charge on any atom is -0.333 e. The lowest BCUT2D eigenvalue weighted by Gasteiger charge is -2.14. The minimum atomic E-state index is 0.635. The molecule has 0 aromatic carbocycles. The van der Waals surface area contributed by atoms with Crippen molar-refractivity contribution in [2.24, 2.45) is 5.41 Å². The molecule has 3 heteroatoms. The molecule has 0 amide bonds. The first-order valence-electron chi connectivity index (χ1n) is 6.49. The van der Waals surface area contributed by atoms with Crippen LogP contribution in [0.1, 0.15) is 45.2 Å². The van der Waals surface area contributed by atoms with Crippen LogP contribution in [0.5, 0.6) is 0 Å². The van der Waals surface area contributed by atoms with Crippen LogP contribution in [-0.2, 0) is 13.1 Å². The SMILES string of the molecule is CCCn1cncc1CNCC1(CC)CC1. The van der Waals surface area contributed by atoms with E-state index in [9.17, 15) is 0 Å². The zero-order chi connectivity index (χ0) is 11.4. The van der Waals surface area contributed by atoms with Crippen molar-refractivity contribution >= 4 is 0 Å². The van der Waals surface area contributed by atoms with Gasteiger partial charge in [0.2, 0.25) is 0 Å². The summed E-state index contributed by atoms with van der Waals surface area (Å²) >= 11 is 0. The zero-order valence-corrected chi connectivity index (χ0v) is 10.5. The largest absolute Gasteiger partial charge is 0.333 e. The normalized spacial score (nSPS) is 17.6. The predicted molar refractivity (Wildman–Crippen MR) is 66.2 cm³/mol. The molecular weight excluding hydrogens is 198 g/mol. The molecule has 1 saturated carbocycles. The van der Waals surface area contributed by atoms with Crippen LogP contribution in [0.25, 0.3) is 0 Å². The van der Waals surface area contributed by atoms with E-state index in [0.29, 0.717) is 5.41 Å². The Morgan fingerprint density at radius 1 is 1.44 bits per heavy atom. The summed E-state index contributed by atoms with van der Waals surface area (Å²) in [5, 5.41) is 3.58. The average molecular weight is 221 g/mol. The van der Waals surface area contributed by atoms with Gasteiger partial charge in [0.05, 0.1) is 12.0 Å². The molecule has 1 N–H and O–H groups in total. The van der Waals surface area contributed by atoms with Crippen LogP contribution in [0.15, 0.2) is 12.5 Å². The van der Waals surface area contributed by atoms with Crippen molar-refractivity contribution in [2.75, 3.05) is 6.54 Å². The predicted octanol–water partition coefficient (Wildman–Crippen LogP) is 2.57. The summed E-state index contributed by atoms with van der Waals surface area (Å²) < 4.78 is 2.25. The molecule has 1 fully saturated rings. The van der Waals surface area contributed by atoms with Gasteiger partial charge in [-0.25, -0.2) is 4.98 Å². The van der Waals surface area contributed by atoms with Crippen molar-refractivity contribution in [3.05, 3.63) is 18.2 Å². The Morgan fingerprint density at radius 3 is 2.88 bits per heavy atom. The Labute approximate surface area is 98.3 Å². The molecule has 1 aromatic rings. The number of hydrogen-bond donors (Lipinski definition) is 1. The maximum Gasteiger partial charge on any atom is 0.0948 e. The molecule has 1 aliphatic rings. The van der Waals surface area contributed by atoms with Crippen LogP contribution in [0, 0.1) is 5.41 Å². The molecule has 0 saturated heterocycles. The van der Waals surface area contributed by atoms with Gasteiger partial charge in [0, 0.05) is 25.8 Å². The lowest BCUT2D eigenvalue weighted by molar-refractivity contribution is 0.438. The molecule has 0 bridgehead atoms.